The first kappa shape index (κ1) is 12.2. The van der Waals surface area contributed by atoms with Gasteiger partial charge in [-0.05, 0) is 18.1 Å². The molecule has 0 amide bonds. The van der Waals surface area contributed by atoms with Gasteiger partial charge < -0.3 is 10.0 Å². The first-order valence-corrected chi connectivity index (χ1v) is 6.72. The van der Waals surface area contributed by atoms with E-state index < -0.39 is 0 Å². The van der Waals surface area contributed by atoms with Gasteiger partial charge in [-0.15, -0.1) is 0 Å². The molecule has 1 aromatic carbocycles. The zero-order valence-corrected chi connectivity index (χ0v) is 10.9. The van der Waals surface area contributed by atoms with Crippen molar-refractivity contribution in [3.8, 4) is 0 Å². The summed E-state index contributed by atoms with van der Waals surface area (Å²) in [5.74, 6) is 0.577. The van der Waals surface area contributed by atoms with Gasteiger partial charge in [0.05, 0.1) is 18.5 Å². The molecule has 0 radical (unpaired) electrons. The molecular weight excluding hydrogens is 236 g/mol. The first-order chi connectivity index (χ1) is 9.38. The maximum Gasteiger partial charge on any atom is 0.0703 e. The van der Waals surface area contributed by atoms with Crippen LogP contribution >= 0.6 is 0 Å². The van der Waals surface area contributed by atoms with Gasteiger partial charge in [-0.2, -0.15) is 0 Å². The molecule has 1 saturated heterocycles. The molecule has 2 heterocycles. The zero-order valence-electron chi connectivity index (χ0n) is 10.9. The maximum absolute atomic E-state index is 9.41. The Bertz CT molecular complexity index is 541. The minimum absolute atomic E-state index is 0.0738. The van der Waals surface area contributed by atoms with Crippen molar-refractivity contribution in [3.05, 3.63) is 59.9 Å². The number of pyridine rings is 1. The number of aromatic nitrogens is 1. The highest BCUT2D eigenvalue weighted by Gasteiger charge is 2.25. The molecule has 1 N–H and O–H groups in total. The van der Waals surface area contributed by atoms with Crippen molar-refractivity contribution in [2.45, 2.75) is 18.9 Å². The van der Waals surface area contributed by atoms with Crippen LogP contribution in [-0.2, 0) is 6.61 Å². The molecule has 2 aromatic rings. The van der Waals surface area contributed by atoms with Crippen LogP contribution in [0, 0.1) is 0 Å². The molecule has 3 nitrogen and oxygen atoms in total. The Morgan fingerprint density at radius 1 is 1.21 bits per heavy atom. The summed E-state index contributed by atoms with van der Waals surface area (Å²) in [7, 11) is 0. The summed E-state index contributed by atoms with van der Waals surface area (Å²) >= 11 is 0. The highest BCUT2D eigenvalue weighted by molar-refractivity contribution is 5.53. The third-order valence-corrected chi connectivity index (χ3v) is 3.86. The van der Waals surface area contributed by atoms with Crippen LogP contribution in [0.2, 0.25) is 0 Å². The largest absolute Gasteiger partial charge is 0.392 e. The Labute approximate surface area is 113 Å². The van der Waals surface area contributed by atoms with Crippen LogP contribution in [0.15, 0.2) is 48.8 Å². The number of hydrogen-bond acceptors (Lipinski definition) is 3. The average molecular weight is 254 g/mol. The summed E-state index contributed by atoms with van der Waals surface area (Å²) < 4.78 is 0. The van der Waals surface area contributed by atoms with Crippen molar-refractivity contribution in [3.63, 3.8) is 0 Å². The van der Waals surface area contributed by atoms with Crippen LogP contribution in [-0.4, -0.2) is 23.2 Å². The van der Waals surface area contributed by atoms with Crippen LogP contribution in [0.25, 0.3) is 0 Å². The molecule has 1 atom stereocenters. The Morgan fingerprint density at radius 3 is 2.84 bits per heavy atom. The number of aliphatic hydroxyl groups is 1. The Hall–Kier alpha value is -1.87. The van der Waals surface area contributed by atoms with Gasteiger partial charge in [0.25, 0.3) is 0 Å². The van der Waals surface area contributed by atoms with Gasteiger partial charge in [0, 0.05) is 30.8 Å². The molecule has 3 rings (SSSR count). The van der Waals surface area contributed by atoms with Gasteiger partial charge in [-0.3, -0.25) is 4.98 Å². The van der Waals surface area contributed by atoms with E-state index in [1.807, 2.05) is 12.3 Å². The predicted octanol–water partition coefficient (Wildman–Crippen LogP) is 2.57. The zero-order chi connectivity index (χ0) is 13.1. The summed E-state index contributed by atoms with van der Waals surface area (Å²) in [5, 5.41) is 9.41. The standard InChI is InChI=1S/C16H18N2O/c19-12-15-6-8-17-10-16(15)18-9-7-14(11-18)13-4-2-1-3-5-13/h1-6,8,10,14,19H,7,9,11-12H2. The van der Waals surface area contributed by atoms with E-state index in [2.05, 4.69) is 40.2 Å². The number of rotatable bonds is 3. The summed E-state index contributed by atoms with van der Waals surface area (Å²) in [6.45, 7) is 2.10. The topological polar surface area (TPSA) is 36.4 Å². The van der Waals surface area contributed by atoms with Crippen LogP contribution in [0.3, 0.4) is 0 Å². The van der Waals surface area contributed by atoms with Crippen LogP contribution in [0.5, 0.6) is 0 Å². The lowest BCUT2D eigenvalue weighted by molar-refractivity contribution is 0.282. The third-order valence-electron chi connectivity index (χ3n) is 3.86. The van der Waals surface area contributed by atoms with Crippen molar-refractivity contribution in [1.29, 1.82) is 0 Å². The first-order valence-electron chi connectivity index (χ1n) is 6.72. The van der Waals surface area contributed by atoms with Crippen LogP contribution in [0.4, 0.5) is 5.69 Å². The minimum atomic E-state index is 0.0738. The monoisotopic (exact) mass is 254 g/mol. The van der Waals surface area contributed by atoms with E-state index in [1.165, 1.54) is 5.56 Å². The molecule has 1 unspecified atom stereocenters. The van der Waals surface area contributed by atoms with E-state index in [0.717, 1.165) is 30.8 Å². The summed E-state index contributed by atoms with van der Waals surface area (Å²) in [4.78, 5) is 6.51. The van der Waals surface area contributed by atoms with Crippen molar-refractivity contribution in [2.75, 3.05) is 18.0 Å². The normalized spacial score (nSPS) is 18.8. The molecule has 1 fully saturated rings. The minimum Gasteiger partial charge on any atom is -0.392 e. The number of aliphatic hydroxyl groups excluding tert-OH is 1. The fourth-order valence-electron chi connectivity index (χ4n) is 2.81. The van der Waals surface area contributed by atoms with Gasteiger partial charge in [0.15, 0.2) is 0 Å². The molecule has 0 aliphatic carbocycles. The number of anilines is 1. The Balaban J connectivity index is 1.79. The fourth-order valence-corrected chi connectivity index (χ4v) is 2.81. The third kappa shape index (κ3) is 2.47. The van der Waals surface area contributed by atoms with Crippen molar-refractivity contribution >= 4 is 5.69 Å². The number of nitrogens with zero attached hydrogens (tertiary/aromatic N) is 2. The van der Waals surface area contributed by atoms with Crippen molar-refractivity contribution in [2.24, 2.45) is 0 Å². The van der Waals surface area contributed by atoms with Gasteiger partial charge in [0.1, 0.15) is 0 Å². The van der Waals surface area contributed by atoms with E-state index in [-0.39, 0.29) is 6.61 Å². The fraction of sp³-hybridized carbons (Fsp3) is 0.312. The lowest BCUT2D eigenvalue weighted by atomic mass is 9.99. The second kappa shape index (κ2) is 5.41. The molecular formula is C16H18N2O. The SMILES string of the molecule is OCc1ccncc1N1CCC(c2ccccc2)C1. The second-order valence-electron chi connectivity index (χ2n) is 5.00. The lowest BCUT2D eigenvalue weighted by Gasteiger charge is -2.21. The second-order valence-corrected chi connectivity index (χ2v) is 5.00. The van der Waals surface area contributed by atoms with Crippen molar-refractivity contribution in [1.82, 2.24) is 4.98 Å². The Morgan fingerprint density at radius 2 is 2.05 bits per heavy atom. The van der Waals surface area contributed by atoms with Crippen LogP contribution < -0.4 is 4.90 Å². The molecule has 1 aliphatic rings. The molecule has 3 heteroatoms. The molecule has 1 aromatic heterocycles. The predicted molar refractivity (Wildman–Crippen MR) is 76.2 cm³/mol. The van der Waals surface area contributed by atoms with Gasteiger partial charge >= 0.3 is 0 Å². The summed E-state index contributed by atoms with van der Waals surface area (Å²) in [6, 6.07) is 12.5. The summed E-state index contributed by atoms with van der Waals surface area (Å²) in [6.07, 6.45) is 4.75. The van der Waals surface area contributed by atoms with E-state index in [0.29, 0.717) is 5.92 Å². The molecule has 0 bridgehead atoms. The smallest absolute Gasteiger partial charge is 0.0703 e. The molecule has 19 heavy (non-hydrogen) atoms. The van der Waals surface area contributed by atoms with E-state index >= 15 is 0 Å². The van der Waals surface area contributed by atoms with Gasteiger partial charge in [-0.25, -0.2) is 0 Å². The van der Waals surface area contributed by atoms with Crippen molar-refractivity contribution < 1.29 is 5.11 Å². The molecule has 0 saturated carbocycles. The quantitative estimate of drug-likeness (QED) is 0.914. The van der Waals surface area contributed by atoms with E-state index in [4.69, 9.17) is 0 Å². The Kier molecular flexibility index (Phi) is 3.47. The average Bonchev–Trinajstić information content (AvgIpc) is 2.98. The molecule has 0 spiro atoms. The highest BCUT2D eigenvalue weighted by atomic mass is 16.3. The summed E-state index contributed by atoms with van der Waals surface area (Å²) in [5.41, 5.74) is 3.44. The van der Waals surface area contributed by atoms with Gasteiger partial charge in [-0.1, -0.05) is 30.3 Å². The van der Waals surface area contributed by atoms with Gasteiger partial charge in [0.2, 0.25) is 0 Å². The maximum atomic E-state index is 9.41. The van der Waals surface area contributed by atoms with E-state index in [1.54, 1.807) is 6.20 Å². The molecule has 98 valence electrons. The lowest BCUT2D eigenvalue weighted by Crippen LogP contribution is -2.20. The highest BCUT2D eigenvalue weighted by Crippen LogP contribution is 2.31. The number of benzene rings is 1. The number of hydrogen-bond donors (Lipinski definition) is 1. The van der Waals surface area contributed by atoms with E-state index in [9.17, 15) is 5.11 Å². The van der Waals surface area contributed by atoms with Crippen LogP contribution in [0.1, 0.15) is 23.5 Å². The molecule has 1 aliphatic heterocycles.